The number of hydrogen-bond acceptors (Lipinski definition) is 2. The molecule has 0 spiro atoms. The van der Waals surface area contributed by atoms with E-state index in [1.54, 1.807) is 0 Å². The van der Waals surface area contributed by atoms with E-state index in [1.807, 2.05) is 31.2 Å². The van der Waals surface area contributed by atoms with E-state index in [-0.39, 0.29) is 5.91 Å². The van der Waals surface area contributed by atoms with E-state index in [9.17, 15) is 4.79 Å². The van der Waals surface area contributed by atoms with Gasteiger partial charge in [-0.3, -0.25) is 4.79 Å². The van der Waals surface area contributed by atoms with Crippen LogP contribution in [-0.2, 0) is 4.79 Å². The Morgan fingerprint density at radius 3 is 2.89 bits per heavy atom. The smallest absolute Gasteiger partial charge is 0.238 e. The van der Waals surface area contributed by atoms with E-state index in [0.29, 0.717) is 12.6 Å². The second-order valence-electron chi connectivity index (χ2n) is 6.08. The summed E-state index contributed by atoms with van der Waals surface area (Å²) < 4.78 is 0. The highest BCUT2D eigenvalue weighted by atomic mass is 16.1. The van der Waals surface area contributed by atoms with Gasteiger partial charge in [0.1, 0.15) is 0 Å². The molecule has 1 aromatic carbocycles. The molecule has 2 saturated carbocycles. The molecule has 102 valence electrons. The molecule has 2 aliphatic carbocycles. The quantitative estimate of drug-likeness (QED) is 0.872. The molecule has 2 N–H and O–H groups in total. The van der Waals surface area contributed by atoms with Crippen LogP contribution in [-0.4, -0.2) is 18.5 Å². The van der Waals surface area contributed by atoms with Gasteiger partial charge in [0.25, 0.3) is 0 Å². The predicted octanol–water partition coefficient (Wildman–Crippen LogP) is 2.71. The number of amides is 1. The third-order valence-corrected chi connectivity index (χ3v) is 4.56. The van der Waals surface area contributed by atoms with E-state index in [0.717, 1.165) is 17.5 Å². The number of carbonyl (C=O) groups is 1. The van der Waals surface area contributed by atoms with Crippen molar-refractivity contribution >= 4 is 11.6 Å². The van der Waals surface area contributed by atoms with Gasteiger partial charge in [0, 0.05) is 11.7 Å². The standard InChI is InChI=1S/C16H22N2O/c1-11-3-2-4-14(7-11)18-16(19)10-17-15-9-12-5-6-13(15)8-12/h2-4,7,12-13,15,17H,5-6,8-10H2,1H3,(H,18,19). The van der Waals surface area contributed by atoms with Crippen molar-refractivity contribution in [2.24, 2.45) is 11.8 Å². The number of benzene rings is 1. The van der Waals surface area contributed by atoms with Gasteiger partial charge in [-0.1, -0.05) is 18.6 Å². The largest absolute Gasteiger partial charge is 0.325 e. The number of rotatable bonds is 4. The normalized spacial score (nSPS) is 28.6. The topological polar surface area (TPSA) is 41.1 Å². The maximum atomic E-state index is 11.9. The van der Waals surface area contributed by atoms with Crippen LogP contribution in [0.15, 0.2) is 24.3 Å². The summed E-state index contributed by atoms with van der Waals surface area (Å²) >= 11 is 0. The molecular formula is C16H22N2O. The lowest BCUT2D eigenvalue weighted by Crippen LogP contribution is -2.39. The summed E-state index contributed by atoms with van der Waals surface area (Å²) in [6, 6.07) is 8.50. The summed E-state index contributed by atoms with van der Waals surface area (Å²) in [5.74, 6) is 1.80. The third-order valence-electron chi connectivity index (χ3n) is 4.56. The molecule has 3 heteroatoms. The van der Waals surface area contributed by atoms with E-state index in [4.69, 9.17) is 0 Å². The van der Waals surface area contributed by atoms with Crippen molar-refractivity contribution in [3.05, 3.63) is 29.8 Å². The third kappa shape index (κ3) is 2.98. The lowest BCUT2D eigenvalue weighted by Gasteiger charge is -2.22. The Balaban J connectivity index is 1.47. The van der Waals surface area contributed by atoms with Crippen molar-refractivity contribution in [1.82, 2.24) is 5.32 Å². The summed E-state index contributed by atoms with van der Waals surface area (Å²) in [6.45, 7) is 2.46. The highest BCUT2D eigenvalue weighted by Crippen LogP contribution is 2.44. The summed E-state index contributed by atoms with van der Waals surface area (Å²) in [5.41, 5.74) is 2.05. The molecule has 2 aliphatic rings. The van der Waals surface area contributed by atoms with Gasteiger partial charge < -0.3 is 10.6 Å². The average molecular weight is 258 g/mol. The SMILES string of the molecule is Cc1cccc(NC(=O)CNC2CC3CCC2C3)c1. The highest BCUT2D eigenvalue weighted by molar-refractivity contribution is 5.92. The minimum absolute atomic E-state index is 0.0633. The number of fused-ring (bicyclic) bond motifs is 2. The Kier molecular flexibility index (Phi) is 3.56. The van der Waals surface area contributed by atoms with Gasteiger partial charge in [0.2, 0.25) is 5.91 Å². The number of nitrogens with one attached hydrogen (secondary N) is 2. The van der Waals surface area contributed by atoms with Gasteiger partial charge in [-0.25, -0.2) is 0 Å². The molecule has 2 fully saturated rings. The molecule has 3 unspecified atom stereocenters. The van der Waals surface area contributed by atoms with Crippen LogP contribution in [0.3, 0.4) is 0 Å². The first kappa shape index (κ1) is 12.7. The fraction of sp³-hybridized carbons (Fsp3) is 0.562. The van der Waals surface area contributed by atoms with E-state index < -0.39 is 0 Å². The molecule has 1 amide bonds. The molecular weight excluding hydrogens is 236 g/mol. The Bertz CT molecular complexity index is 472. The first-order valence-electron chi connectivity index (χ1n) is 7.30. The van der Waals surface area contributed by atoms with Crippen LogP contribution < -0.4 is 10.6 Å². The lowest BCUT2D eigenvalue weighted by atomic mass is 9.95. The van der Waals surface area contributed by atoms with Gasteiger partial charge in [-0.2, -0.15) is 0 Å². The first-order valence-corrected chi connectivity index (χ1v) is 7.30. The molecule has 19 heavy (non-hydrogen) atoms. The van der Waals surface area contributed by atoms with E-state index in [2.05, 4.69) is 10.6 Å². The monoisotopic (exact) mass is 258 g/mol. The van der Waals surface area contributed by atoms with Gasteiger partial charge in [0.15, 0.2) is 0 Å². The average Bonchev–Trinajstić information content (AvgIpc) is 2.98. The minimum atomic E-state index is 0.0633. The van der Waals surface area contributed by atoms with Crippen molar-refractivity contribution in [2.45, 2.75) is 38.6 Å². The molecule has 1 aromatic rings. The second kappa shape index (κ2) is 5.33. The number of anilines is 1. The molecule has 3 atom stereocenters. The Labute approximate surface area is 114 Å². The summed E-state index contributed by atoms with van der Waals surface area (Å²) in [6.07, 6.45) is 5.39. The van der Waals surface area contributed by atoms with Crippen LogP contribution in [0.2, 0.25) is 0 Å². The zero-order chi connectivity index (χ0) is 13.2. The van der Waals surface area contributed by atoms with Gasteiger partial charge in [-0.05, 0) is 55.7 Å². The maximum absolute atomic E-state index is 11.9. The minimum Gasteiger partial charge on any atom is -0.325 e. The van der Waals surface area contributed by atoms with Gasteiger partial charge in [0.05, 0.1) is 6.54 Å². The van der Waals surface area contributed by atoms with Crippen molar-refractivity contribution in [3.8, 4) is 0 Å². The number of aryl methyl sites for hydroxylation is 1. The lowest BCUT2D eigenvalue weighted by molar-refractivity contribution is -0.115. The molecule has 0 heterocycles. The van der Waals surface area contributed by atoms with Crippen LogP contribution in [0.1, 0.15) is 31.2 Å². The second-order valence-corrected chi connectivity index (χ2v) is 6.08. The van der Waals surface area contributed by atoms with Crippen molar-refractivity contribution < 1.29 is 4.79 Å². The molecule has 3 rings (SSSR count). The van der Waals surface area contributed by atoms with Crippen LogP contribution in [0.25, 0.3) is 0 Å². The molecule has 2 bridgehead atoms. The summed E-state index contributed by atoms with van der Waals surface area (Å²) in [4.78, 5) is 11.9. The Morgan fingerprint density at radius 1 is 1.32 bits per heavy atom. The van der Waals surface area contributed by atoms with Crippen molar-refractivity contribution in [3.63, 3.8) is 0 Å². The fourth-order valence-corrected chi connectivity index (χ4v) is 3.65. The Morgan fingerprint density at radius 2 is 2.21 bits per heavy atom. The fourth-order valence-electron chi connectivity index (χ4n) is 3.65. The summed E-state index contributed by atoms with van der Waals surface area (Å²) in [5, 5.41) is 6.38. The van der Waals surface area contributed by atoms with Crippen LogP contribution in [0, 0.1) is 18.8 Å². The molecule has 0 saturated heterocycles. The van der Waals surface area contributed by atoms with Gasteiger partial charge >= 0.3 is 0 Å². The molecule has 0 radical (unpaired) electrons. The zero-order valence-corrected chi connectivity index (χ0v) is 11.5. The van der Waals surface area contributed by atoms with Crippen LogP contribution in [0.4, 0.5) is 5.69 Å². The first-order chi connectivity index (χ1) is 9.20. The van der Waals surface area contributed by atoms with Crippen LogP contribution in [0.5, 0.6) is 0 Å². The number of hydrogen-bond donors (Lipinski definition) is 2. The summed E-state index contributed by atoms with van der Waals surface area (Å²) in [7, 11) is 0. The van der Waals surface area contributed by atoms with Crippen molar-refractivity contribution in [1.29, 1.82) is 0 Å². The van der Waals surface area contributed by atoms with Crippen LogP contribution >= 0.6 is 0 Å². The predicted molar refractivity (Wildman–Crippen MR) is 77.0 cm³/mol. The molecule has 3 nitrogen and oxygen atoms in total. The highest BCUT2D eigenvalue weighted by Gasteiger charge is 2.39. The Hall–Kier alpha value is -1.35. The van der Waals surface area contributed by atoms with Gasteiger partial charge in [-0.15, -0.1) is 0 Å². The molecule has 0 aromatic heterocycles. The van der Waals surface area contributed by atoms with E-state index >= 15 is 0 Å². The zero-order valence-electron chi connectivity index (χ0n) is 11.5. The van der Waals surface area contributed by atoms with Crippen molar-refractivity contribution in [2.75, 3.05) is 11.9 Å². The maximum Gasteiger partial charge on any atom is 0.238 e. The number of carbonyl (C=O) groups excluding carboxylic acids is 1. The van der Waals surface area contributed by atoms with E-state index in [1.165, 1.54) is 31.2 Å². The molecule has 0 aliphatic heterocycles.